The zero-order valence-electron chi connectivity index (χ0n) is 21.1. The summed E-state index contributed by atoms with van der Waals surface area (Å²) < 4.78 is 39.4. The maximum absolute atomic E-state index is 14.5. The molecule has 0 saturated carbocycles. The van der Waals surface area contributed by atoms with Crippen molar-refractivity contribution in [1.29, 1.82) is 0 Å². The Bertz CT molecular complexity index is 1020. The van der Waals surface area contributed by atoms with Crippen LogP contribution in [-0.2, 0) is 20.7 Å². The van der Waals surface area contributed by atoms with Gasteiger partial charge in [0.25, 0.3) is 0 Å². The van der Waals surface area contributed by atoms with Crippen molar-refractivity contribution in [3.05, 3.63) is 71.3 Å². The Hall–Kier alpha value is -3.04. The smallest absolute Gasteiger partial charge is 0.408 e. The van der Waals surface area contributed by atoms with E-state index in [0.717, 1.165) is 24.7 Å². The molecule has 0 bridgehead atoms. The molecule has 0 unspecified atom stereocenters. The molecule has 2 atom stereocenters. The highest BCUT2D eigenvalue weighted by Gasteiger charge is 2.37. The molecule has 0 aromatic heterocycles. The van der Waals surface area contributed by atoms with Crippen molar-refractivity contribution in [3.8, 4) is 0 Å². The van der Waals surface area contributed by atoms with Crippen LogP contribution in [0.25, 0.3) is 0 Å². The molecule has 36 heavy (non-hydrogen) atoms. The fourth-order valence-corrected chi connectivity index (χ4v) is 4.20. The Labute approximate surface area is 211 Å². The molecule has 2 N–H and O–H groups in total. The number of carbonyl (C=O) groups is 2. The molecule has 2 aromatic rings. The average Bonchev–Trinajstić information content (AvgIpc) is 2.86. The number of hydrogen-bond donors (Lipinski definition) is 2. The van der Waals surface area contributed by atoms with Gasteiger partial charge in [-0.1, -0.05) is 56.3 Å². The predicted molar refractivity (Wildman–Crippen MR) is 132 cm³/mol. The summed E-state index contributed by atoms with van der Waals surface area (Å²) in [6.45, 7) is 9.06. The minimum Gasteiger partial charge on any atom is -0.441 e. The normalized spacial score (nSPS) is 16.7. The van der Waals surface area contributed by atoms with Crippen LogP contribution in [0, 0.1) is 17.6 Å². The van der Waals surface area contributed by atoms with Crippen LogP contribution in [0.15, 0.2) is 48.5 Å². The molecule has 196 valence electrons. The van der Waals surface area contributed by atoms with Gasteiger partial charge in [0, 0.05) is 32.6 Å². The molecule has 2 amide bonds. The van der Waals surface area contributed by atoms with E-state index in [4.69, 9.17) is 9.47 Å². The average molecular weight is 504 g/mol. The van der Waals surface area contributed by atoms with Crippen LogP contribution in [0.4, 0.5) is 13.6 Å². The molecule has 2 aromatic carbocycles. The third-order valence-electron chi connectivity index (χ3n) is 6.24. The third-order valence-corrected chi connectivity index (χ3v) is 6.24. The minimum absolute atomic E-state index is 0.0235. The Morgan fingerprint density at radius 3 is 2.44 bits per heavy atom. The van der Waals surface area contributed by atoms with E-state index in [9.17, 15) is 18.4 Å². The lowest BCUT2D eigenvalue weighted by Crippen LogP contribution is -2.59. The van der Waals surface area contributed by atoms with Crippen molar-refractivity contribution >= 4 is 12.0 Å². The molecule has 1 fully saturated rings. The Kier molecular flexibility index (Phi) is 9.78. The number of hydrogen-bond acceptors (Lipinski definition) is 5. The van der Waals surface area contributed by atoms with Crippen LogP contribution >= 0.6 is 0 Å². The first-order chi connectivity index (χ1) is 17.2. The van der Waals surface area contributed by atoms with Gasteiger partial charge < -0.3 is 20.1 Å². The van der Waals surface area contributed by atoms with Crippen LogP contribution in [0.2, 0.25) is 0 Å². The quantitative estimate of drug-likeness (QED) is 0.515. The fraction of sp³-hybridized carbons (Fsp3) is 0.481. The van der Waals surface area contributed by atoms with E-state index in [-0.39, 0.29) is 17.9 Å². The highest BCUT2D eigenvalue weighted by atomic mass is 19.2. The van der Waals surface area contributed by atoms with Crippen molar-refractivity contribution in [2.24, 2.45) is 5.92 Å². The molecule has 9 heteroatoms. The first kappa shape index (κ1) is 27.5. The monoisotopic (exact) mass is 503 g/mol. The van der Waals surface area contributed by atoms with E-state index in [1.807, 2.05) is 44.2 Å². The maximum atomic E-state index is 14.5. The Morgan fingerprint density at radius 1 is 1.08 bits per heavy atom. The molecule has 1 aliphatic heterocycles. The van der Waals surface area contributed by atoms with Gasteiger partial charge >= 0.3 is 6.09 Å². The molecule has 1 aliphatic rings. The van der Waals surface area contributed by atoms with Crippen LogP contribution in [0.3, 0.4) is 0 Å². The Balaban J connectivity index is 1.74. The first-order valence-corrected chi connectivity index (χ1v) is 12.2. The highest BCUT2D eigenvalue weighted by Crippen LogP contribution is 2.26. The number of rotatable bonds is 10. The van der Waals surface area contributed by atoms with Gasteiger partial charge in [0.05, 0.1) is 13.2 Å². The second kappa shape index (κ2) is 12.8. The summed E-state index contributed by atoms with van der Waals surface area (Å²) in [5, 5.41) is 5.47. The highest BCUT2D eigenvalue weighted by molar-refractivity contribution is 5.90. The second-order valence-corrected chi connectivity index (χ2v) is 9.54. The first-order valence-electron chi connectivity index (χ1n) is 12.2. The fourth-order valence-electron chi connectivity index (χ4n) is 4.20. The summed E-state index contributed by atoms with van der Waals surface area (Å²) in [7, 11) is 0. The van der Waals surface area contributed by atoms with Crippen LogP contribution in [0.1, 0.15) is 38.0 Å². The van der Waals surface area contributed by atoms with Gasteiger partial charge in [-0.05, 0) is 30.0 Å². The predicted octanol–water partition coefficient (Wildman–Crippen LogP) is 3.84. The van der Waals surface area contributed by atoms with Gasteiger partial charge in [0.2, 0.25) is 5.91 Å². The van der Waals surface area contributed by atoms with Gasteiger partial charge in [-0.15, -0.1) is 0 Å². The number of alkyl carbamates (subject to hydrolysis) is 1. The lowest BCUT2D eigenvalue weighted by Gasteiger charge is -2.32. The van der Waals surface area contributed by atoms with Gasteiger partial charge in [0.15, 0.2) is 11.6 Å². The lowest BCUT2D eigenvalue weighted by molar-refractivity contribution is -0.127. The minimum atomic E-state index is -1.59. The number of benzene rings is 2. The topological polar surface area (TPSA) is 79.9 Å². The van der Waals surface area contributed by atoms with Gasteiger partial charge in [-0.3, -0.25) is 9.69 Å². The van der Waals surface area contributed by atoms with Gasteiger partial charge in [-0.2, -0.15) is 0 Å². The summed E-state index contributed by atoms with van der Waals surface area (Å²) in [4.78, 5) is 28.5. The molecule has 7 nitrogen and oxygen atoms in total. The number of halogens is 2. The Morgan fingerprint density at radius 2 is 1.78 bits per heavy atom. The molecule has 3 rings (SSSR count). The number of morpholine rings is 1. The van der Waals surface area contributed by atoms with E-state index in [2.05, 4.69) is 15.5 Å². The number of ether oxygens (including phenoxy) is 2. The summed E-state index contributed by atoms with van der Waals surface area (Å²) >= 11 is 0. The molecular weight excluding hydrogens is 468 g/mol. The van der Waals surface area contributed by atoms with Crippen LogP contribution in [0.5, 0.6) is 0 Å². The second-order valence-electron chi connectivity index (χ2n) is 9.54. The van der Waals surface area contributed by atoms with E-state index < -0.39 is 35.3 Å². The zero-order chi connectivity index (χ0) is 26.1. The maximum Gasteiger partial charge on any atom is 0.408 e. The van der Waals surface area contributed by atoms with Crippen molar-refractivity contribution in [2.45, 2.75) is 38.8 Å². The molecule has 1 saturated heterocycles. The summed E-state index contributed by atoms with van der Waals surface area (Å²) in [5.41, 5.74) is -0.797. The largest absolute Gasteiger partial charge is 0.441 e. The molecule has 0 radical (unpaired) electrons. The van der Waals surface area contributed by atoms with Crippen LogP contribution in [-0.4, -0.2) is 61.8 Å². The lowest BCUT2D eigenvalue weighted by atomic mass is 9.91. The molecule has 1 heterocycles. The van der Waals surface area contributed by atoms with E-state index in [1.165, 1.54) is 19.1 Å². The number of amides is 2. The van der Waals surface area contributed by atoms with Crippen molar-refractivity contribution in [2.75, 3.05) is 39.4 Å². The zero-order valence-corrected chi connectivity index (χ0v) is 21.1. The van der Waals surface area contributed by atoms with Crippen molar-refractivity contribution in [3.63, 3.8) is 0 Å². The number of carbonyl (C=O) groups excluding carboxylic acids is 2. The summed E-state index contributed by atoms with van der Waals surface area (Å²) in [6, 6.07) is 13.1. The molecular formula is C27H35F2N3O4. The van der Waals surface area contributed by atoms with Crippen LogP contribution < -0.4 is 10.6 Å². The number of nitrogens with one attached hydrogen (secondary N) is 2. The van der Waals surface area contributed by atoms with E-state index >= 15 is 0 Å². The van der Waals surface area contributed by atoms with Crippen molar-refractivity contribution in [1.82, 2.24) is 15.5 Å². The standard InChI is InChI=1S/C27H35F2N3O4/c1-19(2)24(20-8-5-4-6-9-20)36-26(34)31-27(3,18-21-10-7-11-22(28)23(21)29)25(33)30-12-13-32-14-16-35-17-15-32/h4-11,19,24H,12-18H2,1-3H3,(H,30,33)(H,31,34)/t24-,27+/m0/s1. The summed E-state index contributed by atoms with van der Waals surface area (Å²) in [5.74, 6) is -2.62. The van der Waals surface area contributed by atoms with E-state index in [0.29, 0.717) is 26.3 Å². The molecule has 0 spiro atoms. The van der Waals surface area contributed by atoms with Crippen molar-refractivity contribution < 1.29 is 27.8 Å². The SMILES string of the molecule is CC(C)[C@H](OC(=O)N[C@](C)(Cc1cccc(F)c1F)C(=O)NCCN1CCOCC1)c1ccccc1. The molecule has 0 aliphatic carbocycles. The van der Waals surface area contributed by atoms with E-state index in [1.54, 1.807) is 0 Å². The summed E-state index contributed by atoms with van der Waals surface area (Å²) in [6.07, 6.45) is -1.63. The van der Waals surface area contributed by atoms with Gasteiger partial charge in [0.1, 0.15) is 11.6 Å². The third kappa shape index (κ3) is 7.48. The number of nitrogens with zero attached hydrogens (tertiary/aromatic N) is 1. The van der Waals surface area contributed by atoms with Gasteiger partial charge in [-0.25, -0.2) is 13.6 Å².